The van der Waals surface area contributed by atoms with Crippen molar-refractivity contribution in [2.45, 2.75) is 45.7 Å². The number of aromatic nitrogens is 1. The van der Waals surface area contributed by atoms with E-state index in [1.165, 1.54) is 17.0 Å². The number of pyridine rings is 1. The van der Waals surface area contributed by atoms with Crippen LogP contribution in [0.1, 0.15) is 37.7 Å². The zero-order valence-corrected chi connectivity index (χ0v) is 12.0. The van der Waals surface area contributed by atoms with E-state index in [1.807, 2.05) is 0 Å². The fourth-order valence-electron chi connectivity index (χ4n) is 2.62. The van der Waals surface area contributed by atoms with E-state index >= 15 is 0 Å². The number of fused-ring (bicyclic) bond motifs is 1. The van der Waals surface area contributed by atoms with Crippen LogP contribution < -0.4 is 0 Å². The molecule has 0 aliphatic carbocycles. The van der Waals surface area contributed by atoms with Crippen LogP contribution in [-0.4, -0.2) is 35.7 Å². The number of hydrogen-bond acceptors (Lipinski definition) is 3. The van der Waals surface area contributed by atoms with Crippen molar-refractivity contribution in [2.75, 3.05) is 20.3 Å². The number of rotatable bonds is 4. The largest absolute Gasteiger partial charge is 0.383 e. The van der Waals surface area contributed by atoms with Gasteiger partial charge in [0.2, 0.25) is 0 Å². The molecule has 1 aliphatic rings. The first-order valence-electron chi connectivity index (χ1n) is 6.78. The van der Waals surface area contributed by atoms with Crippen LogP contribution in [0.3, 0.4) is 0 Å². The average molecular weight is 248 g/mol. The van der Waals surface area contributed by atoms with E-state index in [1.54, 1.807) is 7.11 Å². The zero-order chi connectivity index (χ0) is 13.2. The van der Waals surface area contributed by atoms with Gasteiger partial charge in [0.1, 0.15) is 0 Å². The normalized spacial score (nSPS) is 16.7. The third-order valence-electron chi connectivity index (χ3n) is 3.82. The van der Waals surface area contributed by atoms with E-state index < -0.39 is 0 Å². The topological polar surface area (TPSA) is 25.4 Å². The van der Waals surface area contributed by atoms with Crippen molar-refractivity contribution in [2.24, 2.45) is 0 Å². The maximum Gasteiger partial charge on any atom is 0.0641 e. The quantitative estimate of drug-likeness (QED) is 0.818. The second kappa shape index (κ2) is 5.37. The third kappa shape index (κ3) is 2.73. The Balaban J connectivity index is 2.15. The molecule has 0 fully saturated rings. The Kier molecular flexibility index (Phi) is 4.03. The smallest absolute Gasteiger partial charge is 0.0641 e. The van der Waals surface area contributed by atoms with Gasteiger partial charge in [-0.25, -0.2) is 0 Å². The lowest BCUT2D eigenvalue weighted by Gasteiger charge is -2.40. The maximum atomic E-state index is 5.33. The van der Waals surface area contributed by atoms with Gasteiger partial charge in [0.15, 0.2) is 0 Å². The van der Waals surface area contributed by atoms with Crippen LogP contribution >= 0.6 is 0 Å². The molecule has 0 unspecified atom stereocenters. The van der Waals surface area contributed by atoms with Crippen LogP contribution in [0.5, 0.6) is 0 Å². The average Bonchev–Trinajstić information content (AvgIpc) is 2.37. The number of methoxy groups -OCH3 is 1. The van der Waals surface area contributed by atoms with Gasteiger partial charge < -0.3 is 4.74 Å². The summed E-state index contributed by atoms with van der Waals surface area (Å²) < 4.78 is 5.33. The van der Waals surface area contributed by atoms with Gasteiger partial charge in [-0.2, -0.15) is 0 Å². The molecule has 0 amide bonds. The Hall–Kier alpha value is -0.930. The number of aryl methyl sites for hydroxylation is 1. The van der Waals surface area contributed by atoms with Crippen LogP contribution in [0.15, 0.2) is 12.1 Å². The van der Waals surface area contributed by atoms with Gasteiger partial charge in [-0.05, 0) is 31.9 Å². The first-order chi connectivity index (χ1) is 8.56. The molecule has 0 atom stereocenters. The van der Waals surface area contributed by atoms with Crippen LogP contribution in [0, 0.1) is 0 Å². The minimum Gasteiger partial charge on any atom is -0.383 e. The van der Waals surface area contributed by atoms with Crippen molar-refractivity contribution < 1.29 is 4.74 Å². The minimum atomic E-state index is 0.0931. The molecule has 0 aromatic carbocycles. The van der Waals surface area contributed by atoms with Gasteiger partial charge >= 0.3 is 0 Å². The van der Waals surface area contributed by atoms with Crippen molar-refractivity contribution in [3.8, 4) is 0 Å². The molecular weight excluding hydrogens is 224 g/mol. The van der Waals surface area contributed by atoms with E-state index in [9.17, 15) is 0 Å². The zero-order valence-electron chi connectivity index (χ0n) is 12.0. The van der Waals surface area contributed by atoms with E-state index in [0.717, 1.165) is 32.5 Å². The molecule has 2 heterocycles. The summed E-state index contributed by atoms with van der Waals surface area (Å²) in [6, 6.07) is 4.40. The monoisotopic (exact) mass is 248 g/mol. The molecule has 2 rings (SSSR count). The van der Waals surface area contributed by atoms with Crippen LogP contribution in [0.25, 0.3) is 0 Å². The molecule has 3 heteroatoms. The van der Waals surface area contributed by atoms with Crippen molar-refractivity contribution in [1.82, 2.24) is 9.88 Å². The van der Waals surface area contributed by atoms with Gasteiger partial charge in [-0.15, -0.1) is 0 Å². The SMILES string of the molecule is CCc1ccc2c(n1)CCN(C(C)(C)COC)C2. The highest BCUT2D eigenvalue weighted by Gasteiger charge is 2.30. The summed E-state index contributed by atoms with van der Waals surface area (Å²) in [6.45, 7) is 9.48. The van der Waals surface area contributed by atoms with Crippen molar-refractivity contribution >= 4 is 0 Å². The van der Waals surface area contributed by atoms with E-state index in [0.29, 0.717) is 0 Å². The Morgan fingerprint density at radius 1 is 1.39 bits per heavy atom. The standard InChI is InChI=1S/C15H24N2O/c1-5-13-7-6-12-10-17(9-8-14(12)16-13)15(2,3)11-18-4/h6-7H,5,8-11H2,1-4H3. The molecule has 0 N–H and O–H groups in total. The molecule has 100 valence electrons. The van der Waals surface area contributed by atoms with Crippen LogP contribution in [0.2, 0.25) is 0 Å². The highest BCUT2D eigenvalue weighted by molar-refractivity contribution is 5.26. The maximum absolute atomic E-state index is 5.33. The summed E-state index contributed by atoms with van der Waals surface area (Å²) in [4.78, 5) is 7.23. The van der Waals surface area contributed by atoms with Crippen LogP contribution in [-0.2, 0) is 24.1 Å². The summed E-state index contributed by atoms with van der Waals surface area (Å²) in [5, 5.41) is 0. The highest BCUT2D eigenvalue weighted by Crippen LogP contribution is 2.24. The Morgan fingerprint density at radius 3 is 2.83 bits per heavy atom. The van der Waals surface area contributed by atoms with Crippen LogP contribution in [0.4, 0.5) is 0 Å². The van der Waals surface area contributed by atoms with Gasteiger partial charge in [0.05, 0.1) is 6.61 Å². The fraction of sp³-hybridized carbons (Fsp3) is 0.667. The van der Waals surface area contributed by atoms with Crippen molar-refractivity contribution in [1.29, 1.82) is 0 Å². The summed E-state index contributed by atoms with van der Waals surface area (Å²) in [5.41, 5.74) is 3.97. The lowest BCUT2D eigenvalue weighted by Crippen LogP contribution is -2.49. The number of hydrogen-bond donors (Lipinski definition) is 0. The molecule has 0 radical (unpaired) electrons. The molecule has 1 aliphatic heterocycles. The van der Waals surface area contributed by atoms with Crippen molar-refractivity contribution in [3.05, 3.63) is 29.1 Å². The predicted octanol–water partition coefficient (Wildman–Crippen LogP) is 2.43. The minimum absolute atomic E-state index is 0.0931. The summed E-state index contributed by atoms with van der Waals surface area (Å²) in [6.07, 6.45) is 2.07. The van der Waals surface area contributed by atoms with Gasteiger partial charge in [-0.3, -0.25) is 9.88 Å². The first kappa shape index (κ1) is 13.5. The molecule has 18 heavy (non-hydrogen) atoms. The second-order valence-corrected chi connectivity index (χ2v) is 5.68. The molecule has 1 aromatic rings. The van der Waals surface area contributed by atoms with Gasteiger partial charge in [0, 0.05) is 43.5 Å². The van der Waals surface area contributed by atoms with Gasteiger partial charge in [0.25, 0.3) is 0 Å². The van der Waals surface area contributed by atoms with E-state index in [-0.39, 0.29) is 5.54 Å². The summed E-state index contributed by atoms with van der Waals surface area (Å²) in [7, 11) is 1.77. The molecule has 1 aromatic heterocycles. The molecule has 0 spiro atoms. The molecule has 0 saturated carbocycles. The Labute approximate surface area is 110 Å². The number of ether oxygens (including phenoxy) is 1. The lowest BCUT2D eigenvalue weighted by molar-refractivity contribution is 0.0244. The van der Waals surface area contributed by atoms with E-state index in [2.05, 4.69) is 37.8 Å². The molecular formula is C15H24N2O. The fourth-order valence-corrected chi connectivity index (χ4v) is 2.62. The highest BCUT2D eigenvalue weighted by atomic mass is 16.5. The first-order valence-corrected chi connectivity index (χ1v) is 6.78. The predicted molar refractivity (Wildman–Crippen MR) is 73.7 cm³/mol. The molecule has 0 saturated heterocycles. The summed E-state index contributed by atoms with van der Waals surface area (Å²) in [5.74, 6) is 0. The number of nitrogens with zero attached hydrogens (tertiary/aromatic N) is 2. The third-order valence-corrected chi connectivity index (χ3v) is 3.82. The lowest BCUT2D eigenvalue weighted by atomic mass is 9.97. The summed E-state index contributed by atoms with van der Waals surface area (Å²) >= 11 is 0. The van der Waals surface area contributed by atoms with Gasteiger partial charge in [-0.1, -0.05) is 13.0 Å². The van der Waals surface area contributed by atoms with E-state index in [4.69, 9.17) is 9.72 Å². The second-order valence-electron chi connectivity index (χ2n) is 5.68. The molecule has 3 nitrogen and oxygen atoms in total. The Bertz CT molecular complexity index is 415. The Morgan fingerprint density at radius 2 is 2.17 bits per heavy atom. The van der Waals surface area contributed by atoms with Crippen molar-refractivity contribution in [3.63, 3.8) is 0 Å². The molecule has 0 bridgehead atoms.